The van der Waals surface area contributed by atoms with E-state index in [4.69, 9.17) is 16.3 Å². The lowest BCUT2D eigenvalue weighted by Crippen LogP contribution is -2.52. The van der Waals surface area contributed by atoms with E-state index in [1.54, 1.807) is 48.5 Å². The fourth-order valence-electron chi connectivity index (χ4n) is 5.15. The summed E-state index contributed by atoms with van der Waals surface area (Å²) in [5.74, 6) is -3.21. The van der Waals surface area contributed by atoms with Crippen LogP contribution in [0.5, 0.6) is 5.75 Å². The molecule has 5 unspecified atom stereocenters. The zero-order valence-corrected chi connectivity index (χ0v) is 18.3. The molecule has 0 saturated heterocycles. The monoisotopic (exact) mass is 501 g/mol. The van der Waals surface area contributed by atoms with E-state index in [1.165, 1.54) is 12.3 Å². The number of aliphatic carboxylic acids is 1. The minimum Gasteiger partial charge on any atom is -0.481 e. The molecule has 0 radical (unpaired) electrons. The van der Waals surface area contributed by atoms with Crippen molar-refractivity contribution < 1.29 is 24.9 Å². The second-order valence-corrected chi connectivity index (χ2v) is 9.11. The first-order valence-electron chi connectivity index (χ1n) is 9.60. The van der Waals surface area contributed by atoms with Crippen molar-refractivity contribution in [1.82, 2.24) is 4.98 Å². The Morgan fingerprint density at radius 3 is 2.45 bits per heavy atom. The lowest BCUT2D eigenvalue weighted by Gasteiger charge is -2.40. The van der Waals surface area contributed by atoms with E-state index in [9.17, 15) is 20.1 Å². The highest BCUT2D eigenvalue weighted by Gasteiger charge is 2.77. The van der Waals surface area contributed by atoms with Crippen molar-refractivity contribution in [3.63, 3.8) is 0 Å². The van der Waals surface area contributed by atoms with Gasteiger partial charge in [-0.3, -0.25) is 4.79 Å². The molecule has 1 fully saturated rings. The van der Waals surface area contributed by atoms with Crippen LogP contribution in [0.4, 0.5) is 0 Å². The molecule has 0 amide bonds. The van der Waals surface area contributed by atoms with Gasteiger partial charge in [0.2, 0.25) is 0 Å². The predicted octanol–water partition coefficient (Wildman–Crippen LogP) is 3.83. The maximum Gasteiger partial charge on any atom is 0.310 e. The quantitative estimate of drug-likeness (QED) is 0.471. The first-order chi connectivity index (χ1) is 14.8. The topological polar surface area (TPSA) is 99.9 Å². The summed E-state index contributed by atoms with van der Waals surface area (Å²) in [5, 5.41) is 33.7. The molecule has 3 N–H and O–H groups in total. The third-order valence-corrected chi connectivity index (χ3v) is 7.10. The zero-order chi connectivity index (χ0) is 22.0. The molecular weight excluding hydrogens is 486 g/mol. The first-order valence-corrected chi connectivity index (χ1v) is 10.8. The number of ether oxygens (including phenoxy) is 1. The molecule has 2 heterocycles. The van der Waals surface area contributed by atoms with E-state index in [2.05, 4.69) is 20.9 Å². The van der Waals surface area contributed by atoms with E-state index < -0.39 is 35.1 Å². The molecule has 158 valence electrons. The number of carbonyl (C=O) groups is 1. The van der Waals surface area contributed by atoms with Crippen LogP contribution < -0.4 is 4.74 Å². The van der Waals surface area contributed by atoms with Gasteiger partial charge in [0.1, 0.15) is 17.0 Å². The van der Waals surface area contributed by atoms with Gasteiger partial charge >= 0.3 is 5.97 Å². The number of rotatable bonds is 3. The summed E-state index contributed by atoms with van der Waals surface area (Å²) in [4.78, 5) is 16.4. The highest BCUT2D eigenvalue weighted by Crippen LogP contribution is 2.68. The summed E-state index contributed by atoms with van der Waals surface area (Å²) in [5.41, 5.74) is -2.33. The summed E-state index contributed by atoms with van der Waals surface area (Å²) in [6.07, 6.45) is -0.323. The van der Waals surface area contributed by atoms with Gasteiger partial charge in [0.25, 0.3) is 0 Å². The molecule has 3 aromatic rings. The summed E-state index contributed by atoms with van der Waals surface area (Å²) in [6.45, 7) is 0. The summed E-state index contributed by atoms with van der Waals surface area (Å²) >= 11 is 9.48. The standard InChI is InChI=1S/C23H17BrClNO5/c24-14-8-6-13(7-9-14)23-19(12-4-2-1-3-5-12)18(21(28)29)20(27)22(23,30)15-11-26-17(25)10-16(15)31-23/h1-11,18-20,27,30H,(H,28,29). The van der Waals surface area contributed by atoms with Crippen LogP contribution in [-0.2, 0) is 16.0 Å². The number of fused-ring (bicyclic) bond motifs is 3. The van der Waals surface area contributed by atoms with Crippen LogP contribution in [0.15, 0.2) is 71.3 Å². The Kier molecular flexibility index (Phi) is 4.64. The number of pyridine rings is 1. The Morgan fingerprint density at radius 1 is 1.13 bits per heavy atom. The van der Waals surface area contributed by atoms with Crippen LogP contribution in [0.2, 0.25) is 5.15 Å². The number of aromatic nitrogens is 1. The molecule has 0 bridgehead atoms. The molecule has 1 aliphatic carbocycles. The highest BCUT2D eigenvalue weighted by molar-refractivity contribution is 9.10. The van der Waals surface area contributed by atoms with Crippen LogP contribution in [-0.4, -0.2) is 32.4 Å². The molecule has 0 spiro atoms. The van der Waals surface area contributed by atoms with Gasteiger partial charge < -0.3 is 20.1 Å². The van der Waals surface area contributed by atoms with Crippen LogP contribution in [0.25, 0.3) is 0 Å². The van der Waals surface area contributed by atoms with Gasteiger partial charge in [0, 0.05) is 22.7 Å². The van der Waals surface area contributed by atoms with Gasteiger partial charge in [-0.15, -0.1) is 0 Å². The number of carboxylic acids is 1. The number of carboxylic acid groups (broad SMARTS) is 1. The van der Waals surface area contributed by atoms with Crippen molar-refractivity contribution in [3.8, 4) is 5.75 Å². The van der Waals surface area contributed by atoms with Crippen molar-refractivity contribution in [2.24, 2.45) is 5.92 Å². The molecular formula is C23H17BrClNO5. The minimum atomic E-state index is -2.07. The highest BCUT2D eigenvalue weighted by atomic mass is 79.9. The smallest absolute Gasteiger partial charge is 0.310 e. The molecule has 31 heavy (non-hydrogen) atoms. The molecule has 1 aromatic heterocycles. The molecule has 2 aromatic carbocycles. The first kappa shape index (κ1) is 20.5. The molecule has 6 nitrogen and oxygen atoms in total. The van der Waals surface area contributed by atoms with E-state index in [1.807, 2.05) is 6.07 Å². The number of nitrogens with zero attached hydrogens (tertiary/aromatic N) is 1. The maximum absolute atomic E-state index is 12.4. The molecule has 5 rings (SSSR count). The van der Waals surface area contributed by atoms with E-state index in [-0.39, 0.29) is 16.5 Å². The number of hydrogen-bond donors (Lipinski definition) is 3. The Bertz CT molecular complexity index is 1170. The molecule has 1 saturated carbocycles. The number of aliphatic hydroxyl groups excluding tert-OH is 1. The Morgan fingerprint density at radius 2 is 1.81 bits per heavy atom. The Labute approximate surface area is 191 Å². The average Bonchev–Trinajstić information content (AvgIpc) is 3.12. The number of halogens is 2. The van der Waals surface area contributed by atoms with Crippen molar-refractivity contribution in [2.75, 3.05) is 0 Å². The summed E-state index contributed by atoms with van der Waals surface area (Å²) < 4.78 is 7.24. The van der Waals surface area contributed by atoms with Crippen molar-refractivity contribution >= 4 is 33.5 Å². The second-order valence-electron chi connectivity index (χ2n) is 7.81. The third-order valence-electron chi connectivity index (χ3n) is 6.36. The lowest BCUT2D eigenvalue weighted by molar-refractivity contribution is -0.159. The number of benzene rings is 2. The molecule has 1 aliphatic heterocycles. The normalized spacial score (nSPS) is 31.0. The lowest BCUT2D eigenvalue weighted by atomic mass is 9.71. The minimum absolute atomic E-state index is 0.161. The Balaban J connectivity index is 1.87. The summed E-state index contributed by atoms with van der Waals surface area (Å²) in [6, 6.07) is 17.5. The molecule has 2 aliphatic rings. The van der Waals surface area contributed by atoms with Crippen molar-refractivity contribution in [3.05, 3.63) is 93.2 Å². The van der Waals surface area contributed by atoms with Gasteiger partial charge in [-0.25, -0.2) is 4.98 Å². The Hall–Kier alpha value is -2.45. The van der Waals surface area contributed by atoms with Crippen LogP contribution in [0.3, 0.4) is 0 Å². The third kappa shape index (κ3) is 2.64. The zero-order valence-electron chi connectivity index (χ0n) is 15.9. The van der Waals surface area contributed by atoms with Crippen LogP contribution >= 0.6 is 27.5 Å². The molecule has 5 atom stereocenters. The van der Waals surface area contributed by atoms with Gasteiger partial charge in [0.05, 0.1) is 11.5 Å². The average molecular weight is 503 g/mol. The number of aliphatic hydroxyl groups is 2. The predicted molar refractivity (Wildman–Crippen MR) is 116 cm³/mol. The fourth-order valence-corrected chi connectivity index (χ4v) is 5.56. The van der Waals surface area contributed by atoms with E-state index >= 15 is 0 Å². The van der Waals surface area contributed by atoms with Gasteiger partial charge in [0.15, 0.2) is 11.2 Å². The van der Waals surface area contributed by atoms with Gasteiger partial charge in [-0.05, 0) is 23.3 Å². The largest absolute Gasteiger partial charge is 0.481 e. The van der Waals surface area contributed by atoms with E-state index in [0.717, 1.165) is 4.47 Å². The summed E-state index contributed by atoms with van der Waals surface area (Å²) in [7, 11) is 0. The van der Waals surface area contributed by atoms with Crippen LogP contribution in [0, 0.1) is 5.92 Å². The van der Waals surface area contributed by atoms with Crippen molar-refractivity contribution in [2.45, 2.75) is 23.2 Å². The maximum atomic E-state index is 12.4. The second kappa shape index (κ2) is 7.03. The van der Waals surface area contributed by atoms with E-state index in [0.29, 0.717) is 11.1 Å². The van der Waals surface area contributed by atoms with Crippen molar-refractivity contribution in [1.29, 1.82) is 0 Å². The fraction of sp³-hybridized carbons (Fsp3) is 0.217. The number of hydrogen-bond acceptors (Lipinski definition) is 5. The SMILES string of the molecule is O=C(O)C1C(O)C2(O)c3cnc(Cl)cc3OC2(c2ccc(Br)cc2)C1c1ccccc1. The van der Waals surface area contributed by atoms with Crippen LogP contribution in [0.1, 0.15) is 22.6 Å². The molecule has 8 heteroatoms. The van der Waals surface area contributed by atoms with Gasteiger partial charge in [-0.1, -0.05) is 70.0 Å². The van der Waals surface area contributed by atoms with Gasteiger partial charge in [-0.2, -0.15) is 0 Å².